The molecule has 0 radical (unpaired) electrons. The fraction of sp³-hybridized carbons (Fsp3) is 0.643. The fourth-order valence-corrected chi connectivity index (χ4v) is 2.88. The molecule has 0 bridgehead atoms. The first-order valence-electron chi connectivity index (χ1n) is 6.73. The molecule has 0 aromatic carbocycles. The van der Waals surface area contributed by atoms with Gasteiger partial charge in [-0.05, 0) is 12.8 Å². The highest BCUT2D eigenvalue weighted by Crippen LogP contribution is 2.39. The third-order valence-electron chi connectivity index (χ3n) is 3.99. The first-order chi connectivity index (χ1) is 9.12. The number of nitrogens with one attached hydrogen (secondary N) is 1. The molecule has 5 nitrogen and oxygen atoms in total. The number of terminal acetylenes is 1. The quantitative estimate of drug-likeness (QED) is 0.604. The second-order valence-electron chi connectivity index (χ2n) is 5.17. The summed E-state index contributed by atoms with van der Waals surface area (Å²) < 4.78 is 0. The summed E-state index contributed by atoms with van der Waals surface area (Å²) in [6, 6.07) is -0.639. The average Bonchev–Trinajstić information content (AvgIpc) is 2.63. The monoisotopic (exact) mass is 262 g/mol. The topological polar surface area (TPSA) is 66.5 Å². The summed E-state index contributed by atoms with van der Waals surface area (Å²) in [5, 5.41) is 2.32. The number of barbiturate groups is 1. The van der Waals surface area contributed by atoms with Gasteiger partial charge in [-0.2, -0.15) is 0 Å². The lowest BCUT2D eigenvalue weighted by molar-refractivity contribution is -0.152. The minimum atomic E-state index is -1.04. The maximum Gasteiger partial charge on any atom is 0.330 e. The molecular formula is C14H18N2O3. The van der Waals surface area contributed by atoms with Crippen molar-refractivity contribution in [2.45, 2.75) is 44.9 Å². The molecule has 1 saturated heterocycles. The number of amides is 4. The van der Waals surface area contributed by atoms with E-state index in [1.54, 1.807) is 0 Å². The second kappa shape index (κ2) is 5.43. The van der Waals surface area contributed by atoms with Crippen LogP contribution >= 0.6 is 0 Å². The highest BCUT2D eigenvalue weighted by atomic mass is 16.2. The van der Waals surface area contributed by atoms with E-state index < -0.39 is 17.4 Å². The van der Waals surface area contributed by atoms with Crippen molar-refractivity contribution in [3.05, 3.63) is 0 Å². The Labute approximate surface area is 112 Å². The van der Waals surface area contributed by atoms with Crippen molar-refractivity contribution in [3.63, 3.8) is 0 Å². The van der Waals surface area contributed by atoms with Gasteiger partial charge in [-0.15, -0.1) is 12.3 Å². The number of urea groups is 1. The van der Waals surface area contributed by atoms with Gasteiger partial charge in [-0.25, -0.2) is 4.79 Å². The van der Waals surface area contributed by atoms with Crippen molar-refractivity contribution in [3.8, 4) is 12.3 Å². The van der Waals surface area contributed by atoms with Gasteiger partial charge in [0.05, 0.1) is 0 Å². The van der Waals surface area contributed by atoms with Gasteiger partial charge in [0.1, 0.15) is 5.41 Å². The molecule has 4 amide bonds. The van der Waals surface area contributed by atoms with Crippen molar-refractivity contribution < 1.29 is 14.4 Å². The smallest absolute Gasteiger partial charge is 0.277 e. The summed E-state index contributed by atoms with van der Waals surface area (Å²) in [5.74, 6) is 1.62. The molecule has 1 heterocycles. The van der Waals surface area contributed by atoms with Crippen LogP contribution in [0.4, 0.5) is 4.79 Å². The molecule has 0 aromatic rings. The Hall–Kier alpha value is -1.83. The Morgan fingerprint density at radius 1 is 1.16 bits per heavy atom. The van der Waals surface area contributed by atoms with E-state index >= 15 is 0 Å². The third-order valence-corrected chi connectivity index (χ3v) is 3.99. The lowest BCUT2D eigenvalue weighted by atomic mass is 9.77. The van der Waals surface area contributed by atoms with Crippen LogP contribution < -0.4 is 5.32 Å². The summed E-state index contributed by atoms with van der Waals surface area (Å²) in [6.45, 7) is 0.177. The van der Waals surface area contributed by atoms with Gasteiger partial charge in [-0.3, -0.25) is 19.8 Å². The molecular weight excluding hydrogens is 244 g/mol. The lowest BCUT2D eigenvalue weighted by Crippen LogP contribution is -2.63. The van der Waals surface area contributed by atoms with E-state index in [0.29, 0.717) is 19.3 Å². The molecule has 2 rings (SSSR count). The third kappa shape index (κ3) is 2.35. The van der Waals surface area contributed by atoms with Crippen LogP contribution in [0.5, 0.6) is 0 Å². The number of hydrogen-bond donors (Lipinski definition) is 1. The van der Waals surface area contributed by atoms with Gasteiger partial charge < -0.3 is 0 Å². The van der Waals surface area contributed by atoms with Gasteiger partial charge >= 0.3 is 6.03 Å². The maximum atomic E-state index is 12.6. The zero-order valence-corrected chi connectivity index (χ0v) is 10.9. The van der Waals surface area contributed by atoms with Crippen LogP contribution in [0.15, 0.2) is 0 Å². The lowest BCUT2D eigenvalue weighted by Gasteiger charge is -2.38. The van der Waals surface area contributed by atoms with Crippen LogP contribution in [0, 0.1) is 17.8 Å². The molecule has 0 unspecified atom stereocenters. The minimum absolute atomic E-state index is 0.177. The average molecular weight is 262 g/mol. The van der Waals surface area contributed by atoms with Crippen molar-refractivity contribution in [1.82, 2.24) is 10.2 Å². The molecule has 0 aromatic heterocycles. The summed E-state index contributed by atoms with van der Waals surface area (Å²) in [4.78, 5) is 37.5. The Kier molecular flexibility index (Phi) is 3.89. The van der Waals surface area contributed by atoms with Gasteiger partial charge in [0.15, 0.2) is 0 Å². The van der Waals surface area contributed by atoms with E-state index in [-0.39, 0.29) is 12.5 Å². The van der Waals surface area contributed by atoms with Crippen molar-refractivity contribution >= 4 is 17.8 Å². The van der Waals surface area contributed by atoms with E-state index in [1.165, 1.54) is 0 Å². The molecule has 1 spiro atoms. The number of carbonyl (C=O) groups is 3. The molecule has 19 heavy (non-hydrogen) atoms. The number of carbonyl (C=O) groups excluding carboxylic acids is 3. The summed E-state index contributed by atoms with van der Waals surface area (Å²) >= 11 is 0. The Morgan fingerprint density at radius 2 is 1.79 bits per heavy atom. The molecule has 1 aliphatic carbocycles. The Balaban J connectivity index is 2.26. The predicted molar refractivity (Wildman–Crippen MR) is 68.8 cm³/mol. The highest BCUT2D eigenvalue weighted by molar-refractivity contribution is 6.19. The van der Waals surface area contributed by atoms with Crippen LogP contribution in [0.25, 0.3) is 0 Å². The molecule has 102 valence electrons. The van der Waals surface area contributed by atoms with Crippen LogP contribution in [-0.4, -0.2) is 29.3 Å². The van der Waals surface area contributed by atoms with Gasteiger partial charge in [0, 0.05) is 13.0 Å². The molecule has 5 heteroatoms. The first-order valence-corrected chi connectivity index (χ1v) is 6.73. The van der Waals surface area contributed by atoms with Gasteiger partial charge in [-0.1, -0.05) is 25.7 Å². The molecule has 0 atom stereocenters. The van der Waals surface area contributed by atoms with Crippen LogP contribution in [0.1, 0.15) is 44.9 Å². The zero-order valence-electron chi connectivity index (χ0n) is 10.9. The van der Waals surface area contributed by atoms with E-state index in [1.807, 2.05) is 0 Å². The molecule has 1 aliphatic heterocycles. The summed E-state index contributed by atoms with van der Waals surface area (Å²) in [7, 11) is 0. The largest absolute Gasteiger partial charge is 0.330 e. The molecule has 2 aliphatic rings. The first kappa shape index (κ1) is 13.6. The second-order valence-corrected chi connectivity index (χ2v) is 5.17. The summed E-state index contributed by atoms with van der Waals surface area (Å²) in [6.07, 6.45) is 10.3. The van der Waals surface area contributed by atoms with Crippen LogP contribution in [0.3, 0.4) is 0 Å². The number of nitrogens with zero attached hydrogens (tertiary/aromatic N) is 1. The van der Waals surface area contributed by atoms with Crippen molar-refractivity contribution in [2.75, 3.05) is 6.54 Å². The van der Waals surface area contributed by atoms with Gasteiger partial charge in [0.2, 0.25) is 11.8 Å². The van der Waals surface area contributed by atoms with Crippen LogP contribution in [-0.2, 0) is 9.59 Å². The number of imide groups is 2. The fourth-order valence-electron chi connectivity index (χ4n) is 2.88. The number of rotatable bonds is 2. The van der Waals surface area contributed by atoms with E-state index in [0.717, 1.165) is 30.6 Å². The van der Waals surface area contributed by atoms with E-state index in [4.69, 9.17) is 6.42 Å². The highest BCUT2D eigenvalue weighted by Gasteiger charge is 2.52. The minimum Gasteiger partial charge on any atom is -0.277 e. The Morgan fingerprint density at radius 3 is 2.37 bits per heavy atom. The predicted octanol–water partition coefficient (Wildman–Crippen LogP) is 1.43. The molecule has 1 saturated carbocycles. The summed E-state index contributed by atoms with van der Waals surface area (Å²) in [5.41, 5.74) is -1.04. The van der Waals surface area contributed by atoms with Crippen molar-refractivity contribution in [2.24, 2.45) is 5.41 Å². The maximum absolute atomic E-state index is 12.6. The number of hydrogen-bond acceptors (Lipinski definition) is 3. The standard InChI is InChI=1S/C14H18N2O3/c1-2-3-10-16-12(18)14(11(17)15-13(16)19)8-6-4-5-7-9-14/h1H,3-10H2,(H,15,17,19). The van der Waals surface area contributed by atoms with Gasteiger partial charge in [0.25, 0.3) is 0 Å². The van der Waals surface area contributed by atoms with E-state index in [2.05, 4.69) is 11.2 Å². The Bertz CT molecular complexity index is 442. The SMILES string of the molecule is C#CCCN1C(=O)NC(=O)C2(CCCCCC2)C1=O. The molecule has 1 N–H and O–H groups in total. The van der Waals surface area contributed by atoms with Crippen LogP contribution in [0.2, 0.25) is 0 Å². The van der Waals surface area contributed by atoms with Crippen molar-refractivity contribution in [1.29, 1.82) is 0 Å². The molecule has 2 fully saturated rings. The zero-order chi connectivity index (χ0) is 13.9. The van der Waals surface area contributed by atoms with E-state index in [9.17, 15) is 14.4 Å². The normalized spacial score (nSPS) is 22.9.